The first-order valence-electron chi connectivity index (χ1n) is 8.96. The van der Waals surface area contributed by atoms with E-state index >= 15 is 0 Å². The van der Waals surface area contributed by atoms with Crippen LogP contribution >= 0.6 is 0 Å². The molecule has 1 aliphatic carbocycles. The lowest BCUT2D eigenvalue weighted by Crippen LogP contribution is -2.13. The summed E-state index contributed by atoms with van der Waals surface area (Å²) in [5, 5.41) is 0. The van der Waals surface area contributed by atoms with Crippen molar-refractivity contribution < 1.29 is 9.13 Å². The molecule has 2 nitrogen and oxygen atoms in total. The fourth-order valence-electron chi connectivity index (χ4n) is 3.81. The topological polar surface area (TPSA) is 22.1 Å². The molecule has 0 bridgehead atoms. The van der Waals surface area contributed by atoms with Gasteiger partial charge in [-0.05, 0) is 55.2 Å². The van der Waals surface area contributed by atoms with Gasteiger partial charge in [0.2, 0.25) is 0 Å². The van der Waals surface area contributed by atoms with Crippen LogP contribution in [0.3, 0.4) is 0 Å². The lowest BCUT2D eigenvalue weighted by molar-refractivity contribution is 0.129. The summed E-state index contributed by atoms with van der Waals surface area (Å²) in [6.07, 6.45) is 7.93. The summed E-state index contributed by atoms with van der Waals surface area (Å²) in [7, 11) is 1.60. The highest BCUT2D eigenvalue weighted by Gasteiger charge is 2.23. The fourth-order valence-corrected chi connectivity index (χ4v) is 3.81. The summed E-state index contributed by atoms with van der Waals surface area (Å²) in [4.78, 5) is 4.59. The first-order chi connectivity index (χ1) is 11.7. The number of hydrogen-bond acceptors (Lipinski definition) is 2. The third-order valence-corrected chi connectivity index (χ3v) is 5.40. The number of nitrogens with zero attached hydrogens (tertiary/aromatic N) is 1. The highest BCUT2D eigenvalue weighted by atomic mass is 19.1. The maximum Gasteiger partial charge on any atom is 0.129 e. The van der Waals surface area contributed by atoms with Crippen molar-refractivity contribution in [3.8, 4) is 0 Å². The molecule has 2 aromatic rings. The number of halogens is 1. The first-order valence-corrected chi connectivity index (χ1v) is 8.96. The van der Waals surface area contributed by atoms with Crippen LogP contribution < -0.4 is 0 Å². The van der Waals surface area contributed by atoms with Gasteiger partial charge in [-0.2, -0.15) is 0 Å². The van der Waals surface area contributed by atoms with Gasteiger partial charge in [-0.1, -0.05) is 37.6 Å². The van der Waals surface area contributed by atoms with Gasteiger partial charge < -0.3 is 4.74 Å². The van der Waals surface area contributed by atoms with E-state index in [0.717, 1.165) is 11.6 Å². The third kappa shape index (κ3) is 3.67. The molecule has 1 aliphatic rings. The summed E-state index contributed by atoms with van der Waals surface area (Å²) >= 11 is 0. The molecule has 0 N–H and O–H groups in total. The Morgan fingerprint density at radius 1 is 1.12 bits per heavy atom. The minimum Gasteiger partial charge on any atom is -0.370 e. The van der Waals surface area contributed by atoms with Crippen LogP contribution in [-0.2, 0) is 4.74 Å². The quantitative estimate of drug-likeness (QED) is 0.709. The molecule has 1 heterocycles. The lowest BCUT2D eigenvalue weighted by Gasteiger charge is -2.28. The number of methoxy groups -OCH3 is 1. The Hall–Kier alpha value is -1.74. The number of pyridine rings is 1. The Kier molecular flexibility index (Phi) is 5.62. The minimum atomic E-state index is -0.462. The minimum absolute atomic E-state index is 0.256. The second kappa shape index (κ2) is 7.89. The molecule has 3 heteroatoms. The summed E-state index contributed by atoms with van der Waals surface area (Å²) in [6, 6.07) is 10.9. The Balaban J connectivity index is 1.75. The van der Waals surface area contributed by atoms with Crippen molar-refractivity contribution in [2.75, 3.05) is 7.11 Å². The summed E-state index contributed by atoms with van der Waals surface area (Å²) < 4.78 is 19.6. The Labute approximate surface area is 144 Å². The van der Waals surface area contributed by atoms with E-state index in [1.54, 1.807) is 19.2 Å². The van der Waals surface area contributed by atoms with E-state index in [1.165, 1.54) is 43.7 Å². The predicted molar refractivity (Wildman–Crippen MR) is 94.5 cm³/mol. The Bertz CT molecular complexity index is 647. The second-order valence-corrected chi connectivity index (χ2v) is 6.78. The molecule has 1 unspecified atom stereocenters. The van der Waals surface area contributed by atoms with Crippen LogP contribution in [0.1, 0.15) is 67.9 Å². The molecular formula is C21H26FNO. The van der Waals surface area contributed by atoms with Gasteiger partial charge >= 0.3 is 0 Å². The van der Waals surface area contributed by atoms with Crippen molar-refractivity contribution in [2.45, 2.75) is 51.0 Å². The average molecular weight is 327 g/mol. The van der Waals surface area contributed by atoms with Crippen molar-refractivity contribution in [1.82, 2.24) is 4.98 Å². The molecule has 3 rings (SSSR count). The van der Waals surface area contributed by atoms with Gasteiger partial charge in [-0.3, -0.25) is 4.98 Å². The van der Waals surface area contributed by atoms with E-state index < -0.39 is 6.10 Å². The van der Waals surface area contributed by atoms with Crippen molar-refractivity contribution in [2.24, 2.45) is 5.92 Å². The summed E-state index contributed by atoms with van der Waals surface area (Å²) in [6.45, 7) is 2.29. The molecule has 0 aliphatic heterocycles. The van der Waals surface area contributed by atoms with Crippen LogP contribution in [0.4, 0.5) is 4.39 Å². The molecule has 0 radical (unpaired) electrons. The Morgan fingerprint density at radius 2 is 1.88 bits per heavy atom. The predicted octanol–water partition coefficient (Wildman–Crippen LogP) is 5.64. The van der Waals surface area contributed by atoms with E-state index in [9.17, 15) is 4.39 Å². The third-order valence-electron chi connectivity index (χ3n) is 5.40. The highest BCUT2D eigenvalue weighted by Crippen LogP contribution is 2.37. The smallest absolute Gasteiger partial charge is 0.129 e. The molecule has 1 saturated carbocycles. The molecule has 1 fully saturated rings. The average Bonchev–Trinajstić information content (AvgIpc) is 2.64. The van der Waals surface area contributed by atoms with Crippen molar-refractivity contribution in [3.05, 3.63) is 65.2 Å². The van der Waals surface area contributed by atoms with Crippen LogP contribution in [0.15, 0.2) is 42.6 Å². The number of aromatic nitrogens is 1. The van der Waals surface area contributed by atoms with Gasteiger partial charge in [-0.25, -0.2) is 4.39 Å². The number of rotatable bonds is 5. The van der Waals surface area contributed by atoms with Crippen LogP contribution in [-0.4, -0.2) is 12.1 Å². The first kappa shape index (κ1) is 17.1. The summed E-state index contributed by atoms with van der Waals surface area (Å²) in [5.41, 5.74) is 2.59. The van der Waals surface area contributed by atoms with Crippen LogP contribution in [0.25, 0.3) is 0 Å². The SMILES string of the molecule is CC[C@H]1CC[C@H](c2ccc(C(OC)c3ccccc3F)nc2)CC1. The van der Waals surface area contributed by atoms with Gasteiger partial charge in [0.1, 0.15) is 11.9 Å². The molecule has 1 atom stereocenters. The fraction of sp³-hybridized carbons (Fsp3) is 0.476. The van der Waals surface area contributed by atoms with Crippen LogP contribution in [0, 0.1) is 11.7 Å². The van der Waals surface area contributed by atoms with Gasteiger partial charge in [0.15, 0.2) is 0 Å². The number of ether oxygens (including phenoxy) is 1. The largest absolute Gasteiger partial charge is 0.370 e. The van der Waals surface area contributed by atoms with Gasteiger partial charge in [-0.15, -0.1) is 0 Å². The zero-order valence-electron chi connectivity index (χ0n) is 14.5. The summed E-state index contributed by atoms with van der Waals surface area (Å²) in [5.74, 6) is 1.25. The Morgan fingerprint density at radius 3 is 2.46 bits per heavy atom. The molecule has 0 amide bonds. The molecule has 1 aromatic heterocycles. The normalized spacial score (nSPS) is 22.3. The van der Waals surface area contributed by atoms with E-state index in [-0.39, 0.29) is 5.82 Å². The van der Waals surface area contributed by atoms with Gasteiger partial charge in [0.25, 0.3) is 0 Å². The molecular weight excluding hydrogens is 301 g/mol. The standard InChI is InChI=1S/C21H26FNO/c1-3-15-8-10-16(11-9-15)17-12-13-20(23-14-17)21(24-2)18-6-4-5-7-19(18)22/h4-7,12-16,21H,3,8-11H2,1-2H3/t15-,16-,21?. The molecule has 0 spiro atoms. The highest BCUT2D eigenvalue weighted by molar-refractivity contribution is 5.29. The lowest BCUT2D eigenvalue weighted by atomic mass is 9.78. The van der Waals surface area contributed by atoms with Crippen molar-refractivity contribution >= 4 is 0 Å². The molecule has 0 saturated heterocycles. The van der Waals surface area contributed by atoms with E-state index in [0.29, 0.717) is 11.5 Å². The van der Waals surface area contributed by atoms with E-state index in [1.807, 2.05) is 18.3 Å². The molecule has 1 aromatic carbocycles. The zero-order valence-corrected chi connectivity index (χ0v) is 14.5. The van der Waals surface area contributed by atoms with E-state index in [2.05, 4.69) is 18.0 Å². The second-order valence-electron chi connectivity index (χ2n) is 6.78. The van der Waals surface area contributed by atoms with Crippen LogP contribution in [0.2, 0.25) is 0 Å². The number of hydrogen-bond donors (Lipinski definition) is 0. The molecule has 128 valence electrons. The monoisotopic (exact) mass is 327 g/mol. The van der Waals surface area contributed by atoms with Gasteiger partial charge in [0.05, 0.1) is 5.69 Å². The number of benzene rings is 1. The van der Waals surface area contributed by atoms with E-state index in [4.69, 9.17) is 4.74 Å². The van der Waals surface area contributed by atoms with Crippen molar-refractivity contribution in [1.29, 1.82) is 0 Å². The van der Waals surface area contributed by atoms with Crippen LogP contribution in [0.5, 0.6) is 0 Å². The van der Waals surface area contributed by atoms with Gasteiger partial charge in [0, 0.05) is 18.9 Å². The van der Waals surface area contributed by atoms with Crippen molar-refractivity contribution in [3.63, 3.8) is 0 Å². The maximum atomic E-state index is 14.0. The molecule has 24 heavy (non-hydrogen) atoms. The zero-order chi connectivity index (χ0) is 16.9. The maximum absolute atomic E-state index is 14.0.